The second-order valence-corrected chi connectivity index (χ2v) is 5.62. The summed E-state index contributed by atoms with van der Waals surface area (Å²) in [5.74, 6) is 0.772. The number of hydrogen-bond donors (Lipinski definition) is 1. The fourth-order valence-electron chi connectivity index (χ4n) is 2.40. The third kappa shape index (κ3) is 3.70. The second kappa shape index (κ2) is 7.16. The summed E-state index contributed by atoms with van der Waals surface area (Å²) in [5, 5.41) is 9.04. The lowest BCUT2D eigenvalue weighted by Gasteiger charge is -2.20. The topological polar surface area (TPSA) is 39.1 Å². The van der Waals surface area contributed by atoms with Crippen molar-refractivity contribution in [2.45, 2.75) is 19.4 Å². The molecule has 0 bridgehead atoms. The molecule has 2 aromatic rings. The van der Waals surface area contributed by atoms with Crippen LogP contribution < -0.4 is 10.1 Å². The standard InChI is InChI=1S/C15H19Cl2N3O/c1-4-18-13(15-14(21-3)9-19-20(15)2)7-10-5-6-11(16)8-12(10)17/h5-6,8-9,13,18H,4,7H2,1-3H3. The van der Waals surface area contributed by atoms with Crippen LogP contribution in [0.25, 0.3) is 0 Å². The van der Waals surface area contributed by atoms with E-state index in [1.54, 1.807) is 19.4 Å². The molecule has 1 atom stereocenters. The Bertz CT molecular complexity index is 613. The van der Waals surface area contributed by atoms with Gasteiger partial charge < -0.3 is 10.1 Å². The van der Waals surface area contributed by atoms with Gasteiger partial charge in [-0.3, -0.25) is 4.68 Å². The zero-order valence-electron chi connectivity index (χ0n) is 12.4. The van der Waals surface area contributed by atoms with E-state index in [1.807, 2.05) is 23.9 Å². The Balaban J connectivity index is 2.33. The predicted octanol–water partition coefficient (Wildman–Crippen LogP) is 3.63. The van der Waals surface area contributed by atoms with Gasteiger partial charge in [0.25, 0.3) is 0 Å². The van der Waals surface area contributed by atoms with Crippen molar-refractivity contribution >= 4 is 23.2 Å². The summed E-state index contributed by atoms with van der Waals surface area (Å²) in [6, 6.07) is 5.64. The van der Waals surface area contributed by atoms with Crippen LogP contribution in [0.4, 0.5) is 0 Å². The molecule has 0 amide bonds. The number of halogens is 2. The molecule has 0 aliphatic heterocycles. The molecule has 1 heterocycles. The number of likely N-dealkylation sites (N-methyl/N-ethyl adjacent to an activating group) is 1. The van der Waals surface area contributed by atoms with Crippen LogP contribution in [0.2, 0.25) is 10.0 Å². The lowest BCUT2D eigenvalue weighted by atomic mass is 10.0. The Morgan fingerprint density at radius 2 is 2.14 bits per heavy atom. The van der Waals surface area contributed by atoms with E-state index >= 15 is 0 Å². The maximum Gasteiger partial charge on any atom is 0.161 e. The lowest BCUT2D eigenvalue weighted by Crippen LogP contribution is -2.25. The summed E-state index contributed by atoms with van der Waals surface area (Å²) >= 11 is 12.2. The van der Waals surface area contributed by atoms with Crippen LogP contribution in [0.1, 0.15) is 24.2 Å². The van der Waals surface area contributed by atoms with E-state index < -0.39 is 0 Å². The number of aromatic nitrogens is 2. The Kier molecular flexibility index (Phi) is 5.51. The summed E-state index contributed by atoms with van der Waals surface area (Å²) in [4.78, 5) is 0. The molecular formula is C15H19Cl2N3O. The van der Waals surface area contributed by atoms with Gasteiger partial charge in [0.2, 0.25) is 0 Å². The van der Waals surface area contributed by atoms with Crippen LogP contribution in [0, 0.1) is 0 Å². The van der Waals surface area contributed by atoms with E-state index in [4.69, 9.17) is 27.9 Å². The average molecular weight is 328 g/mol. The molecule has 0 saturated carbocycles. The van der Waals surface area contributed by atoms with Gasteiger partial charge in [-0.25, -0.2) is 0 Å². The van der Waals surface area contributed by atoms with Gasteiger partial charge in [-0.15, -0.1) is 0 Å². The number of rotatable bonds is 6. The largest absolute Gasteiger partial charge is 0.493 e. The smallest absolute Gasteiger partial charge is 0.161 e. The normalized spacial score (nSPS) is 12.4. The number of nitrogens with one attached hydrogen (secondary N) is 1. The predicted molar refractivity (Wildman–Crippen MR) is 86.3 cm³/mol. The molecule has 0 saturated heterocycles. The minimum atomic E-state index is 0.0659. The van der Waals surface area contributed by atoms with Crippen molar-refractivity contribution in [2.75, 3.05) is 13.7 Å². The lowest BCUT2D eigenvalue weighted by molar-refractivity contribution is 0.394. The van der Waals surface area contributed by atoms with E-state index in [0.29, 0.717) is 10.0 Å². The highest BCUT2D eigenvalue weighted by molar-refractivity contribution is 6.35. The number of hydrogen-bond acceptors (Lipinski definition) is 3. The van der Waals surface area contributed by atoms with Crippen LogP contribution in [-0.4, -0.2) is 23.4 Å². The molecule has 114 valence electrons. The highest BCUT2D eigenvalue weighted by Crippen LogP contribution is 2.30. The van der Waals surface area contributed by atoms with Gasteiger partial charge in [-0.05, 0) is 30.7 Å². The molecule has 0 fully saturated rings. The molecule has 0 aliphatic rings. The van der Waals surface area contributed by atoms with Crippen molar-refractivity contribution in [2.24, 2.45) is 7.05 Å². The van der Waals surface area contributed by atoms with Gasteiger partial charge >= 0.3 is 0 Å². The number of aryl methyl sites for hydroxylation is 1. The fraction of sp³-hybridized carbons (Fsp3) is 0.400. The van der Waals surface area contributed by atoms with Gasteiger partial charge in [-0.2, -0.15) is 5.10 Å². The van der Waals surface area contributed by atoms with E-state index in [-0.39, 0.29) is 6.04 Å². The first-order valence-electron chi connectivity index (χ1n) is 6.80. The summed E-state index contributed by atoms with van der Waals surface area (Å²) in [7, 11) is 3.56. The molecule has 0 spiro atoms. The van der Waals surface area contributed by atoms with Crippen molar-refractivity contribution in [3.8, 4) is 5.75 Å². The maximum absolute atomic E-state index is 6.28. The van der Waals surface area contributed by atoms with E-state index in [0.717, 1.165) is 30.0 Å². The summed E-state index contributed by atoms with van der Waals surface area (Å²) in [6.07, 6.45) is 2.46. The molecule has 1 unspecified atom stereocenters. The third-order valence-electron chi connectivity index (χ3n) is 3.39. The summed E-state index contributed by atoms with van der Waals surface area (Å²) in [6.45, 7) is 2.91. The fourth-order valence-corrected chi connectivity index (χ4v) is 2.89. The minimum absolute atomic E-state index is 0.0659. The van der Waals surface area contributed by atoms with Gasteiger partial charge in [0.15, 0.2) is 5.75 Å². The van der Waals surface area contributed by atoms with Crippen molar-refractivity contribution < 1.29 is 4.74 Å². The van der Waals surface area contributed by atoms with Crippen LogP contribution in [0.5, 0.6) is 5.75 Å². The van der Waals surface area contributed by atoms with Crippen molar-refractivity contribution in [1.29, 1.82) is 0 Å². The molecule has 4 nitrogen and oxygen atoms in total. The third-order valence-corrected chi connectivity index (χ3v) is 3.98. The van der Waals surface area contributed by atoms with Gasteiger partial charge in [-0.1, -0.05) is 36.2 Å². The monoisotopic (exact) mass is 327 g/mol. The van der Waals surface area contributed by atoms with Gasteiger partial charge in [0.05, 0.1) is 25.0 Å². The Hall–Kier alpha value is -1.23. The van der Waals surface area contributed by atoms with Gasteiger partial charge in [0, 0.05) is 17.1 Å². The highest BCUT2D eigenvalue weighted by Gasteiger charge is 2.21. The number of ether oxygens (including phenoxy) is 1. The van der Waals surface area contributed by atoms with Crippen molar-refractivity contribution in [3.05, 3.63) is 45.7 Å². The Morgan fingerprint density at radius 3 is 2.76 bits per heavy atom. The SMILES string of the molecule is CCNC(Cc1ccc(Cl)cc1Cl)c1c(OC)cnn1C. The first-order valence-corrected chi connectivity index (χ1v) is 7.55. The van der Waals surface area contributed by atoms with Gasteiger partial charge in [0.1, 0.15) is 0 Å². The van der Waals surface area contributed by atoms with E-state index in [9.17, 15) is 0 Å². The maximum atomic E-state index is 6.28. The molecule has 1 aromatic heterocycles. The molecular weight excluding hydrogens is 309 g/mol. The first-order chi connectivity index (χ1) is 10.1. The van der Waals surface area contributed by atoms with E-state index in [2.05, 4.69) is 17.3 Å². The Labute approximate surface area is 135 Å². The average Bonchev–Trinajstić information content (AvgIpc) is 2.82. The molecule has 0 radical (unpaired) electrons. The van der Waals surface area contributed by atoms with Crippen LogP contribution in [0.15, 0.2) is 24.4 Å². The molecule has 6 heteroatoms. The molecule has 2 rings (SSSR count). The first kappa shape index (κ1) is 16.1. The van der Waals surface area contributed by atoms with Crippen LogP contribution >= 0.6 is 23.2 Å². The van der Waals surface area contributed by atoms with E-state index in [1.165, 1.54) is 0 Å². The highest BCUT2D eigenvalue weighted by atomic mass is 35.5. The zero-order valence-corrected chi connectivity index (χ0v) is 13.9. The quantitative estimate of drug-likeness (QED) is 0.880. The molecule has 0 aliphatic carbocycles. The number of nitrogens with zero attached hydrogens (tertiary/aromatic N) is 2. The zero-order chi connectivity index (χ0) is 15.4. The molecule has 21 heavy (non-hydrogen) atoms. The van der Waals surface area contributed by atoms with Crippen molar-refractivity contribution in [3.63, 3.8) is 0 Å². The molecule has 1 N–H and O–H groups in total. The van der Waals surface area contributed by atoms with Crippen molar-refractivity contribution in [1.82, 2.24) is 15.1 Å². The second-order valence-electron chi connectivity index (χ2n) is 4.77. The number of methoxy groups -OCH3 is 1. The van der Waals surface area contributed by atoms with Crippen LogP contribution in [-0.2, 0) is 13.5 Å². The van der Waals surface area contributed by atoms with Crippen LogP contribution in [0.3, 0.4) is 0 Å². The Morgan fingerprint density at radius 1 is 1.38 bits per heavy atom. The minimum Gasteiger partial charge on any atom is -0.493 e. The number of benzene rings is 1. The summed E-state index contributed by atoms with van der Waals surface area (Å²) in [5.41, 5.74) is 2.04. The summed E-state index contributed by atoms with van der Waals surface area (Å²) < 4.78 is 7.23. The molecule has 1 aromatic carbocycles.